The number of rotatable bonds is 4. The summed E-state index contributed by atoms with van der Waals surface area (Å²) < 4.78 is 1.94. The zero-order chi connectivity index (χ0) is 12.5. The molecule has 0 spiro atoms. The van der Waals surface area contributed by atoms with Crippen LogP contribution in [0.1, 0.15) is 50.1 Å². The Kier molecular flexibility index (Phi) is 3.33. The molecule has 4 nitrogen and oxygen atoms in total. The number of Topliss-reactive ketones (excluding diaryl/α,β-unsaturated/α-hetero) is 1. The Labute approximate surface area is 102 Å². The number of nitrogens with two attached hydrogens (primary N) is 1. The highest BCUT2D eigenvalue weighted by Crippen LogP contribution is 2.39. The summed E-state index contributed by atoms with van der Waals surface area (Å²) in [5.74, 6) is 0.688. The second-order valence-electron chi connectivity index (χ2n) is 5.19. The van der Waals surface area contributed by atoms with Crippen LogP contribution in [0.5, 0.6) is 0 Å². The van der Waals surface area contributed by atoms with Crippen LogP contribution in [0, 0.1) is 5.41 Å². The molecule has 2 rings (SSSR count). The molecule has 1 fully saturated rings. The lowest BCUT2D eigenvalue weighted by Crippen LogP contribution is -2.42. The van der Waals surface area contributed by atoms with E-state index >= 15 is 0 Å². The molecule has 1 aliphatic rings. The topological polar surface area (TPSA) is 60.9 Å². The number of carbonyl (C=O) groups excluding carboxylic acids is 1. The molecule has 0 aliphatic heterocycles. The van der Waals surface area contributed by atoms with Crippen molar-refractivity contribution in [2.75, 3.05) is 0 Å². The first-order valence-electron chi connectivity index (χ1n) is 6.41. The van der Waals surface area contributed by atoms with Gasteiger partial charge in [0.05, 0.1) is 0 Å². The first-order chi connectivity index (χ1) is 8.09. The SMILES string of the molecule is CCCn1ccnc1C(=O)C1(C)CCCC1N. The van der Waals surface area contributed by atoms with Gasteiger partial charge in [-0.05, 0) is 19.3 Å². The quantitative estimate of drug-likeness (QED) is 0.812. The van der Waals surface area contributed by atoms with Crippen molar-refractivity contribution < 1.29 is 4.79 Å². The standard InChI is InChI=1S/C13H21N3O/c1-3-8-16-9-7-15-12(16)11(17)13(2)6-4-5-10(13)14/h7,9-10H,3-6,8,14H2,1-2H3. The first kappa shape index (κ1) is 12.3. The Morgan fingerprint density at radius 2 is 2.47 bits per heavy atom. The van der Waals surface area contributed by atoms with Crippen LogP contribution >= 0.6 is 0 Å². The van der Waals surface area contributed by atoms with Crippen molar-refractivity contribution >= 4 is 5.78 Å². The minimum absolute atomic E-state index is 0.0261. The van der Waals surface area contributed by atoms with Crippen molar-refractivity contribution in [3.05, 3.63) is 18.2 Å². The summed E-state index contributed by atoms with van der Waals surface area (Å²) in [6.45, 7) is 4.92. The molecule has 0 aromatic carbocycles. The molecule has 1 heterocycles. The van der Waals surface area contributed by atoms with Gasteiger partial charge in [-0.25, -0.2) is 4.98 Å². The molecule has 0 radical (unpaired) electrons. The van der Waals surface area contributed by atoms with Gasteiger partial charge in [-0.2, -0.15) is 0 Å². The van der Waals surface area contributed by atoms with Gasteiger partial charge in [0.2, 0.25) is 5.78 Å². The van der Waals surface area contributed by atoms with Crippen LogP contribution in [0.25, 0.3) is 0 Å². The van der Waals surface area contributed by atoms with Gasteiger partial charge in [-0.1, -0.05) is 20.3 Å². The molecule has 1 aliphatic carbocycles. The normalized spacial score (nSPS) is 28.5. The predicted octanol–water partition coefficient (Wildman–Crippen LogP) is 1.99. The van der Waals surface area contributed by atoms with Crippen molar-refractivity contribution in [2.45, 2.75) is 52.1 Å². The average molecular weight is 235 g/mol. The van der Waals surface area contributed by atoms with Gasteiger partial charge < -0.3 is 10.3 Å². The van der Waals surface area contributed by atoms with Crippen molar-refractivity contribution in [3.63, 3.8) is 0 Å². The third-order valence-electron chi connectivity index (χ3n) is 3.93. The molecule has 0 bridgehead atoms. The maximum absolute atomic E-state index is 12.6. The molecule has 0 saturated heterocycles. The summed E-state index contributed by atoms with van der Waals surface area (Å²) >= 11 is 0. The zero-order valence-corrected chi connectivity index (χ0v) is 10.6. The van der Waals surface area contributed by atoms with Crippen LogP contribution in [0.4, 0.5) is 0 Å². The van der Waals surface area contributed by atoms with Crippen LogP contribution in [0.3, 0.4) is 0 Å². The van der Waals surface area contributed by atoms with E-state index in [-0.39, 0.29) is 11.8 Å². The highest BCUT2D eigenvalue weighted by atomic mass is 16.1. The minimum Gasteiger partial charge on any atom is -0.329 e. The molecule has 0 amide bonds. The van der Waals surface area contributed by atoms with E-state index in [2.05, 4.69) is 11.9 Å². The van der Waals surface area contributed by atoms with E-state index in [1.54, 1.807) is 6.20 Å². The lowest BCUT2D eigenvalue weighted by Gasteiger charge is -2.27. The summed E-state index contributed by atoms with van der Waals surface area (Å²) in [5, 5.41) is 0. The molecule has 4 heteroatoms. The van der Waals surface area contributed by atoms with Crippen LogP contribution in [-0.2, 0) is 6.54 Å². The fraction of sp³-hybridized carbons (Fsp3) is 0.692. The summed E-state index contributed by atoms with van der Waals surface area (Å²) in [5.41, 5.74) is 5.67. The molecule has 2 N–H and O–H groups in total. The largest absolute Gasteiger partial charge is 0.329 e. The Bertz CT molecular complexity index is 413. The molecule has 94 valence electrons. The van der Waals surface area contributed by atoms with E-state index in [9.17, 15) is 4.79 Å². The lowest BCUT2D eigenvalue weighted by molar-refractivity contribution is 0.0786. The molecule has 1 saturated carbocycles. The van der Waals surface area contributed by atoms with E-state index in [1.165, 1.54) is 0 Å². The van der Waals surface area contributed by atoms with Crippen molar-refractivity contribution in [2.24, 2.45) is 11.1 Å². The molecular formula is C13H21N3O. The number of ketones is 1. The van der Waals surface area contributed by atoms with Gasteiger partial charge in [0.15, 0.2) is 5.82 Å². The maximum atomic E-state index is 12.6. The smallest absolute Gasteiger partial charge is 0.205 e. The summed E-state index contributed by atoms with van der Waals surface area (Å²) in [4.78, 5) is 16.8. The number of carbonyl (C=O) groups is 1. The van der Waals surface area contributed by atoms with Gasteiger partial charge in [0.1, 0.15) is 0 Å². The number of aryl methyl sites for hydroxylation is 1. The first-order valence-corrected chi connectivity index (χ1v) is 6.41. The zero-order valence-electron chi connectivity index (χ0n) is 10.6. The lowest BCUT2D eigenvalue weighted by atomic mass is 9.80. The van der Waals surface area contributed by atoms with E-state index in [0.29, 0.717) is 5.82 Å². The average Bonchev–Trinajstić information content (AvgIpc) is 2.88. The number of hydrogen-bond donors (Lipinski definition) is 1. The Morgan fingerprint density at radius 1 is 1.71 bits per heavy atom. The molecule has 2 atom stereocenters. The maximum Gasteiger partial charge on any atom is 0.205 e. The molecule has 2 unspecified atom stereocenters. The fourth-order valence-corrected chi connectivity index (χ4v) is 2.67. The van der Waals surface area contributed by atoms with Crippen molar-refractivity contribution in [3.8, 4) is 0 Å². The van der Waals surface area contributed by atoms with E-state index in [4.69, 9.17) is 5.73 Å². The number of imidazole rings is 1. The van der Waals surface area contributed by atoms with Gasteiger partial charge in [0.25, 0.3) is 0 Å². The second kappa shape index (κ2) is 4.61. The van der Waals surface area contributed by atoms with Gasteiger partial charge in [0, 0.05) is 30.4 Å². The van der Waals surface area contributed by atoms with Crippen LogP contribution < -0.4 is 5.73 Å². The fourth-order valence-electron chi connectivity index (χ4n) is 2.67. The third kappa shape index (κ3) is 2.02. The molecule has 17 heavy (non-hydrogen) atoms. The highest BCUT2D eigenvalue weighted by molar-refractivity contribution is 5.98. The molecule has 1 aromatic rings. The van der Waals surface area contributed by atoms with E-state index < -0.39 is 5.41 Å². The Balaban J connectivity index is 2.27. The van der Waals surface area contributed by atoms with Crippen molar-refractivity contribution in [1.29, 1.82) is 0 Å². The van der Waals surface area contributed by atoms with Gasteiger partial charge in [-0.3, -0.25) is 4.79 Å². The summed E-state index contributed by atoms with van der Waals surface area (Å²) in [6, 6.07) is -0.0261. The number of hydrogen-bond acceptors (Lipinski definition) is 3. The summed E-state index contributed by atoms with van der Waals surface area (Å²) in [7, 11) is 0. The van der Waals surface area contributed by atoms with Crippen LogP contribution in [0.2, 0.25) is 0 Å². The van der Waals surface area contributed by atoms with Crippen LogP contribution in [-0.4, -0.2) is 21.4 Å². The minimum atomic E-state index is -0.420. The molecular weight excluding hydrogens is 214 g/mol. The second-order valence-corrected chi connectivity index (χ2v) is 5.19. The third-order valence-corrected chi connectivity index (χ3v) is 3.93. The van der Waals surface area contributed by atoms with Gasteiger partial charge in [-0.15, -0.1) is 0 Å². The predicted molar refractivity (Wildman–Crippen MR) is 66.8 cm³/mol. The Morgan fingerprint density at radius 3 is 3.06 bits per heavy atom. The number of nitrogens with zero attached hydrogens (tertiary/aromatic N) is 2. The van der Waals surface area contributed by atoms with Gasteiger partial charge >= 0.3 is 0 Å². The van der Waals surface area contributed by atoms with E-state index in [1.807, 2.05) is 17.7 Å². The molecule has 1 aromatic heterocycles. The highest BCUT2D eigenvalue weighted by Gasteiger charge is 2.44. The number of aromatic nitrogens is 2. The monoisotopic (exact) mass is 235 g/mol. The van der Waals surface area contributed by atoms with Crippen molar-refractivity contribution in [1.82, 2.24) is 9.55 Å². The summed E-state index contributed by atoms with van der Waals surface area (Å²) in [6.07, 6.45) is 7.44. The Hall–Kier alpha value is -1.16. The van der Waals surface area contributed by atoms with E-state index in [0.717, 1.165) is 32.2 Å². The van der Waals surface area contributed by atoms with Crippen LogP contribution in [0.15, 0.2) is 12.4 Å².